The number of benzene rings is 1. The van der Waals surface area contributed by atoms with Gasteiger partial charge < -0.3 is 20.1 Å². The Hall–Kier alpha value is -2.12. The lowest BCUT2D eigenvalue weighted by Crippen LogP contribution is -2.45. The molecule has 0 aliphatic carbocycles. The minimum absolute atomic E-state index is 0.0787. The molecular formula is C28H45N3O4. The lowest BCUT2D eigenvalue weighted by atomic mass is 9.96. The van der Waals surface area contributed by atoms with E-state index >= 15 is 0 Å². The maximum absolute atomic E-state index is 13.3. The molecule has 0 saturated carbocycles. The number of hydrogen-bond acceptors (Lipinski definition) is 5. The first kappa shape index (κ1) is 27.5. The van der Waals surface area contributed by atoms with Crippen LogP contribution in [-0.4, -0.2) is 78.7 Å². The molecule has 2 heterocycles. The average Bonchev–Trinajstić information content (AvgIpc) is 2.87. The highest BCUT2D eigenvalue weighted by Crippen LogP contribution is 2.21. The van der Waals surface area contributed by atoms with Crippen LogP contribution in [0.3, 0.4) is 0 Å². The first-order valence-corrected chi connectivity index (χ1v) is 13.7. The molecule has 35 heavy (non-hydrogen) atoms. The summed E-state index contributed by atoms with van der Waals surface area (Å²) < 4.78 is 5.71. The van der Waals surface area contributed by atoms with Crippen molar-refractivity contribution in [3.63, 3.8) is 0 Å². The number of carbonyl (C=O) groups is 2. The Morgan fingerprint density at radius 1 is 1.09 bits per heavy atom. The first-order valence-electron chi connectivity index (χ1n) is 13.7. The molecule has 3 rings (SSSR count). The molecule has 0 radical (unpaired) electrons. The number of nitrogens with zero attached hydrogens (tertiary/aromatic N) is 2. The molecule has 0 spiro atoms. The number of piperidine rings is 2. The molecule has 2 aliphatic rings. The zero-order chi connectivity index (χ0) is 24.9. The molecule has 7 heteroatoms. The van der Waals surface area contributed by atoms with E-state index in [0.717, 1.165) is 69.6 Å². The summed E-state index contributed by atoms with van der Waals surface area (Å²) in [5.74, 6) is 0.195. The third kappa shape index (κ3) is 9.80. The molecule has 1 amide bonds. The molecule has 2 aliphatic heterocycles. The van der Waals surface area contributed by atoms with E-state index in [4.69, 9.17) is 9.84 Å². The summed E-state index contributed by atoms with van der Waals surface area (Å²) in [5, 5.41) is 12.3. The molecule has 2 saturated heterocycles. The Morgan fingerprint density at radius 3 is 2.54 bits per heavy atom. The van der Waals surface area contributed by atoms with E-state index in [1.54, 1.807) is 0 Å². The summed E-state index contributed by atoms with van der Waals surface area (Å²) in [6, 6.07) is 8.55. The average molecular weight is 488 g/mol. The van der Waals surface area contributed by atoms with Crippen molar-refractivity contribution < 1.29 is 19.4 Å². The molecule has 196 valence electrons. The summed E-state index contributed by atoms with van der Waals surface area (Å²) in [6.45, 7) is 7.98. The quantitative estimate of drug-likeness (QED) is 0.413. The van der Waals surface area contributed by atoms with Crippen molar-refractivity contribution in [3.05, 3.63) is 29.8 Å². The third-order valence-corrected chi connectivity index (χ3v) is 7.32. The Kier molecular flexibility index (Phi) is 11.8. The second-order valence-electron chi connectivity index (χ2n) is 10.2. The van der Waals surface area contributed by atoms with Crippen molar-refractivity contribution in [2.45, 2.75) is 77.2 Å². The van der Waals surface area contributed by atoms with Crippen molar-refractivity contribution in [2.24, 2.45) is 5.92 Å². The number of amides is 1. The third-order valence-electron chi connectivity index (χ3n) is 7.32. The fraction of sp³-hybridized carbons (Fsp3) is 0.714. The van der Waals surface area contributed by atoms with E-state index in [9.17, 15) is 9.59 Å². The van der Waals surface area contributed by atoms with Crippen molar-refractivity contribution >= 4 is 11.9 Å². The summed E-state index contributed by atoms with van der Waals surface area (Å²) in [4.78, 5) is 29.1. The predicted molar refractivity (Wildman–Crippen MR) is 139 cm³/mol. The molecule has 2 fully saturated rings. The Labute approximate surface area is 211 Å². The van der Waals surface area contributed by atoms with Crippen LogP contribution in [-0.2, 0) is 16.0 Å². The standard InChI is InChI=1S/C28H45N3O4/c1-2-20-35-26-11-9-23(10-12-26)21-24(22-30-16-5-3-6-17-30)28(34)29-15-13-25-8-4-7-18-31(25)19-14-27(32)33/h9-12,24-25H,2-8,13-22H2,1H3,(H,29,34)(H,32,33). The summed E-state index contributed by atoms with van der Waals surface area (Å²) in [5.41, 5.74) is 1.16. The molecule has 2 atom stereocenters. The molecule has 2 unspecified atom stereocenters. The predicted octanol–water partition coefficient (Wildman–Crippen LogP) is 3.96. The van der Waals surface area contributed by atoms with Gasteiger partial charge in [-0.1, -0.05) is 31.9 Å². The number of nitrogens with one attached hydrogen (secondary N) is 1. The number of rotatable bonds is 14. The highest BCUT2D eigenvalue weighted by Gasteiger charge is 2.25. The van der Waals surface area contributed by atoms with Gasteiger partial charge in [0.1, 0.15) is 5.75 Å². The van der Waals surface area contributed by atoms with Crippen LogP contribution < -0.4 is 10.1 Å². The molecular weight excluding hydrogens is 442 g/mol. The molecule has 0 bridgehead atoms. The van der Waals surface area contributed by atoms with Crippen LogP contribution in [0.2, 0.25) is 0 Å². The van der Waals surface area contributed by atoms with Gasteiger partial charge in [-0.3, -0.25) is 14.5 Å². The van der Waals surface area contributed by atoms with E-state index in [2.05, 4.69) is 34.2 Å². The van der Waals surface area contributed by atoms with Crippen molar-refractivity contribution in [3.8, 4) is 5.75 Å². The Balaban J connectivity index is 1.54. The molecule has 1 aromatic carbocycles. The van der Waals surface area contributed by atoms with Gasteiger partial charge in [0.05, 0.1) is 18.9 Å². The van der Waals surface area contributed by atoms with Crippen molar-refractivity contribution in [1.82, 2.24) is 15.1 Å². The van der Waals surface area contributed by atoms with Gasteiger partial charge in [-0.2, -0.15) is 0 Å². The van der Waals surface area contributed by atoms with Crippen molar-refractivity contribution in [1.29, 1.82) is 0 Å². The van der Waals surface area contributed by atoms with E-state index in [0.29, 0.717) is 25.7 Å². The monoisotopic (exact) mass is 487 g/mol. The normalized spacial score (nSPS) is 20.3. The minimum Gasteiger partial charge on any atom is -0.494 e. The van der Waals surface area contributed by atoms with Gasteiger partial charge in [0.2, 0.25) is 5.91 Å². The highest BCUT2D eigenvalue weighted by atomic mass is 16.5. The lowest BCUT2D eigenvalue weighted by molar-refractivity contribution is -0.137. The van der Waals surface area contributed by atoms with E-state index < -0.39 is 5.97 Å². The van der Waals surface area contributed by atoms with Gasteiger partial charge in [-0.15, -0.1) is 0 Å². The van der Waals surface area contributed by atoms with Crippen LogP contribution >= 0.6 is 0 Å². The number of likely N-dealkylation sites (tertiary alicyclic amines) is 2. The number of hydrogen-bond donors (Lipinski definition) is 2. The van der Waals surface area contributed by atoms with Gasteiger partial charge in [0.25, 0.3) is 0 Å². The smallest absolute Gasteiger partial charge is 0.304 e. The van der Waals surface area contributed by atoms with Gasteiger partial charge in [0.15, 0.2) is 0 Å². The largest absolute Gasteiger partial charge is 0.494 e. The maximum Gasteiger partial charge on any atom is 0.304 e. The van der Waals surface area contributed by atoms with Crippen LogP contribution in [0.25, 0.3) is 0 Å². The fourth-order valence-corrected chi connectivity index (χ4v) is 5.35. The summed E-state index contributed by atoms with van der Waals surface area (Å²) >= 11 is 0. The summed E-state index contributed by atoms with van der Waals surface area (Å²) in [6.07, 6.45) is 9.88. The molecule has 1 aromatic rings. The number of carbonyl (C=O) groups excluding carboxylic acids is 1. The number of carboxylic acid groups (broad SMARTS) is 1. The van der Waals surface area contributed by atoms with Crippen LogP contribution in [0.15, 0.2) is 24.3 Å². The van der Waals surface area contributed by atoms with Gasteiger partial charge in [-0.05, 0) is 82.3 Å². The van der Waals surface area contributed by atoms with Gasteiger partial charge in [-0.25, -0.2) is 0 Å². The minimum atomic E-state index is -0.742. The summed E-state index contributed by atoms with van der Waals surface area (Å²) in [7, 11) is 0. The zero-order valence-corrected chi connectivity index (χ0v) is 21.6. The highest BCUT2D eigenvalue weighted by molar-refractivity contribution is 5.79. The van der Waals surface area contributed by atoms with Gasteiger partial charge in [0, 0.05) is 25.7 Å². The van der Waals surface area contributed by atoms with Crippen LogP contribution in [0.5, 0.6) is 5.75 Å². The van der Waals surface area contributed by atoms with Crippen molar-refractivity contribution in [2.75, 3.05) is 45.9 Å². The van der Waals surface area contributed by atoms with Gasteiger partial charge >= 0.3 is 5.97 Å². The Morgan fingerprint density at radius 2 is 1.83 bits per heavy atom. The fourth-order valence-electron chi connectivity index (χ4n) is 5.35. The molecule has 0 aromatic heterocycles. The Bertz CT molecular complexity index is 764. The van der Waals surface area contributed by atoms with Crippen LogP contribution in [0, 0.1) is 5.92 Å². The second kappa shape index (κ2) is 15.1. The number of ether oxygens (including phenoxy) is 1. The topological polar surface area (TPSA) is 82.1 Å². The number of aliphatic carboxylic acids is 1. The lowest BCUT2D eigenvalue weighted by Gasteiger charge is -2.35. The maximum atomic E-state index is 13.3. The van der Waals surface area contributed by atoms with Crippen LogP contribution in [0.4, 0.5) is 0 Å². The second-order valence-corrected chi connectivity index (χ2v) is 10.2. The molecule has 2 N–H and O–H groups in total. The van der Waals surface area contributed by atoms with E-state index in [-0.39, 0.29) is 18.2 Å². The van der Waals surface area contributed by atoms with Crippen LogP contribution in [0.1, 0.15) is 70.3 Å². The number of carboxylic acids is 1. The first-order chi connectivity index (χ1) is 17.0. The van der Waals surface area contributed by atoms with E-state index in [1.165, 1.54) is 25.7 Å². The molecule has 7 nitrogen and oxygen atoms in total. The SMILES string of the molecule is CCCOc1ccc(CC(CN2CCCCC2)C(=O)NCCC2CCCCN2CCC(=O)O)cc1. The zero-order valence-electron chi connectivity index (χ0n) is 21.6. The van der Waals surface area contributed by atoms with E-state index in [1.807, 2.05) is 12.1 Å².